The summed E-state index contributed by atoms with van der Waals surface area (Å²) >= 11 is 2.03. The fourth-order valence-electron chi connectivity index (χ4n) is 6.13. The SMILES string of the molecule is C=C1/C(=C\C=C2/CCC[C@]3(C)[C@@H]([C@@H](C)SCCC(C)(C)O)CC[C@@H]23)C[C@@H](O)C[C@@H]1O. The molecule has 6 atom stereocenters. The number of hydrogen-bond acceptors (Lipinski definition) is 4. The van der Waals surface area contributed by atoms with Gasteiger partial charge in [-0.1, -0.05) is 38.2 Å². The molecule has 0 saturated heterocycles. The predicted octanol–water partition coefficient (Wildman–Crippen LogP) is 5.41. The fourth-order valence-corrected chi connectivity index (χ4v) is 7.79. The molecule has 0 heterocycles. The first-order valence-electron chi connectivity index (χ1n) is 11.8. The van der Waals surface area contributed by atoms with E-state index in [1.165, 1.54) is 25.7 Å². The van der Waals surface area contributed by atoms with Crippen LogP contribution in [0.15, 0.2) is 35.5 Å². The Morgan fingerprint density at radius 3 is 2.70 bits per heavy atom. The minimum absolute atomic E-state index is 0.354. The molecule has 3 aliphatic rings. The summed E-state index contributed by atoms with van der Waals surface area (Å²) in [5.41, 5.74) is 3.11. The van der Waals surface area contributed by atoms with Crippen LogP contribution in [0, 0.1) is 17.3 Å². The zero-order chi connectivity index (χ0) is 22.1. The van der Waals surface area contributed by atoms with Crippen molar-refractivity contribution in [1.29, 1.82) is 0 Å². The van der Waals surface area contributed by atoms with E-state index in [4.69, 9.17) is 0 Å². The van der Waals surface area contributed by atoms with Gasteiger partial charge in [-0.2, -0.15) is 11.8 Å². The average molecular weight is 435 g/mol. The maximum absolute atomic E-state index is 10.1. The molecule has 3 saturated carbocycles. The monoisotopic (exact) mass is 434 g/mol. The molecular weight excluding hydrogens is 392 g/mol. The van der Waals surface area contributed by atoms with Crippen molar-refractivity contribution in [2.24, 2.45) is 17.3 Å². The van der Waals surface area contributed by atoms with E-state index in [2.05, 4.69) is 32.6 Å². The minimum atomic E-state index is -0.618. The molecule has 3 fully saturated rings. The van der Waals surface area contributed by atoms with E-state index in [9.17, 15) is 15.3 Å². The van der Waals surface area contributed by atoms with Gasteiger partial charge in [-0.3, -0.25) is 0 Å². The maximum Gasteiger partial charge on any atom is 0.0811 e. The highest BCUT2D eigenvalue weighted by Gasteiger charge is 2.50. The van der Waals surface area contributed by atoms with Gasteiger partial charge in [0.15, 0.2) is 0 Å². The molecule has 3 aliphatic carbocycles. The third kappa shape index (κ3) is 5.43. The number of thioether (sulfide) groups is 1. The maximum atomic E-state index is 10.1. The molecule has 30 heavy (non-hydrogen) atoms. The summed E-state index contributed by atoms with van der Waals surface area (Å²) in [7, 11) is 0. The van der Waals surface area contributed by atoms with Gasteiger partial charge in [0.05, 0.1) is 17.8 Å². The summed E-state index contributed by atoms with van der Waals surface area (Å²) in [6.07, 6.45) is 11.4. The largest absolute Gasteiger partial charge is 0.393 e. The van der Waals surface area contributed by atoms with Crippen LogP contribution in [0.2, 0.25) is 0 Å². The van der Waals surface area contributed by atoms with Crippen molar-refractivity contribution < 1.29 is 15.3 Å². The van der Waals surface area contributed by atoms with Crippen LogP contribution in [0.5, 0.6) is 0 Å². The van der Waals surface area contributed by atoms with Crippen LogP contribution in [0.4, 0.5) is 0 Å². The zero-order valence-corrected chi connectivity index (χ0v) is 20.2. The van der Waals surface area contributed by atoms with Gasteiger partial charge in [0, 0.05) is 11.7 Å². The number of hydrogen-bond donors (Lipinski definition) is 3. The summed E-state index contributed by atoms with van der Waals surface area (Å²) in [6, 6.07) is 0. The Morgan fingerprint density at radius 1 is 1.27 bits per heavy atom. The normalized spacial score (nSPS) is 38.8. The van der Waals surface area contributed by atoms with Gasteiger partial charge in [-0.25, -0.2) is 0 Å². The van der Waals surface area contributed by atoms with Gasteiger partial charge in [0.1, 0.15) is 0 Å². The molecule has 0 aliphatic heterocycles. The summed E-state index contributed by atoms with van der Waals surface area (Å²) in [5.74, 6) is 2.37. The molecule has 0 aromatic rings. The van der Waals surface area contributed by atoms with E-state index in [0.717, 1.165) is 35.7 Å². The molecule has 0 aromatic heterocycles. The lowest BCUT2D eigenvalue weighted by Crippen LogP contribution is -2.37. The molecule has 0 amide bonds. The van der Waals surface area contributed by atoms with E-state index < -0.39 is 17.8 Å². The standard InChI is InChI=1S/C26H42O3S/c1-17-20(15-21(27)16-24(17)28)9-8-19-7-6-12-26(5)22(10-11-23(19)26)18(2)30-14-13-25(3,4)29/h8-9,18,21-24,27-29H,1,6-7,10-16H2,2-5H3/b19-8+,20-9-/t18-,21-,22-,23+,24+,26-/m1/s1. The number of aliphatic hydroxyl groups excluding tert-OH is 2. The summed E-state index contributed by atoms with van der Waals surface area (Å²) in [5, 5.41) is 30.8. The minimum Gasteiger partial charge on any atom is -0.393 e. The Morgan fingerprint density at radius 2 is 2.00 bits per heavy atom. The smallest absolute Gasteiger partial charge is 0.0811 e. The Labute approximate surface area is 187 Å². The van der Waals surface area contributed by atoms with Crippen LogP contribution < -0.4 is 0 Å². The molecule has 0 radical (unpaired) electrons. The first-order valence-corrected chi connectivity index (χ1v) is 12.8. The molecule has 0 spiro atoms. The lowest BCUT2D eigenvalue weighted by Gasteiger charge is -2.44. The van der Waals surface area contributed by atoms with Gasteiger partial charge in [-0.15, -0.1) is 0 Å². The average Bonchev–Trinajstić information content (AvgIpc) is 3.00. The molecule has 0 unspecified atom stereocenters. The van der Waals surface area contributed by atoms with E-state index in [0.29, 0.717) is 29.4 Å². The molecule has 170 valence electrons. The Bertz CT molecular complexity index is 689. The Balaban J connectivity index is 1.70. The number of fused-ring (bicyclic) bond motifs is 1. The van der Waals surface area contributed by atoms with Crippen LogP contribution in [-0.2, 0) is 0 Å². The van der Waals surface area contributed by atoms with Crippen LogP contribution in [-0.4, -0.2) is 44.1 Å². The highest BCUT2D eigenvalue weighted by molar-refractivity contribution is 7.99. The summed E-state index contributed by atoms with van der Waals surface area (Å²) < 4.78 is 0. The predicted molar refractivity (Wildman–Crippen MR) is 128 cm³/mol. The second kappa shape index (κ2) is 9.52. The van der Waals surface area contributed by atoms with Crippen molar-refractivity contribution in [2.45, 2.75) is 102 Å². The number of rotatable bonds is 6. The lowest BCUT2D eigenvalue weighted by molar-refractivity contribution is 0.0776. The van der Waals surface area contributed by atoms with Crippen LogP contribution in [0.1, 0.15) is 79.1 Å². The van der Waals surface area contributed by atoms with E-state index >= 15 is 0 Å². The molecule has 3 nitrogen and oxygen atoms in total. The van der Waals surface area contributed by atoms with Crippen LogP contribution in [0.3, 0.4) is 0 Å². The van der Waals surface area contributed by atoms with E-state index in [-0.39, 0.29) is 0 Å². The lowest BCUT2D eigenvalue weighted by atomic mass is 9.63. The highest BCUT2D eigenvalue weighted by Crippen LogP contribution is 2.59. The van der Waals surface area contributed by atoms with Crippen molar-refractivity contribution in [3.05, 3.63) is 35.5 Å². The van der Waals surface area contributed by atoms with E-state index in [1.54, 1.807) is 5.57 Å². The van der Waals surface area contributed by atoms with Crippen molar-refractivity contribution in [1.82, 2.24) is 0 Å². The highest BCUT2D eigenvalue weighted by atomic mass is 32.2. The zero-order valence-electron chi connectivity index (χ0n) is 19.4. The fraction of sp³-hybridized carbons (Fsp3) is 0.769. The topological polar surface area (TPSA) is 60.7 Å². The Hall–Kier alpha value is -0.550. The third-order valence-corrected chi connectivity index (χ3v) is 9.26. The molecule has 4 heteroatoms. The van der Waals surface area contributed by atoms with Crippen molar-refractivity contribution in [3.63, 3.8) is 0 Å². The molecule has 3 rings (SSSR count). The van der Waals surface area contributed by atoms with Crippen molar-refractivity contribution in [3.8, 4) is 0 Å². The van der Waals surface area contributed by atoms with Gasteiger partial charge >= 0.3 is 0 Å². The quantitative estimate of drug-likeness (QED) is 0.523. The second-order valence-electron chi connectivity index (χ2n) is 10.8. The first kappa shape index (κ1) is 24.1. The molecule has 3 N–H and O–H groups in total. The van der Waals surface area contributed by atoms with Crippen molar-refractivity contribution in [2.75, 3.05) is 5.75 Å². The third-order valence-electron chi connectivity index (χ3n) is 7.96. The van der Waals surface area contributed by atoms with Crippen LogP contribution in [0.25, 0.3) is 0 Å². The molecular formula is C26H42O3S. The van der Waals surface area contributed by atoms with Gasteiger partial charge in [0.2, 0.25) is 0 Å². The molecule has 0 aromatic carbocycles. The van der Waals surface area contributed by atoms with E-state index in [1.807, 2.05) is 25.6 Å². The summed E-state index contributed by atoms with van der Waals surface area (Å²) in [4.78, 5) is 0. The summed E-state index contributed by atoms with van der Waals surface area (Å²) in [6.45, 7) is 12.8. The Kier molecular flexibility index (Phi) is 7.65. The first-order chi connectivity index (χ1) is 14.0. The van der Waals surface area contributed by atoms with Gasteiger partial charge in [0.25, 0.3) is 0 Å². The number of allylic oxidation sites excluding steroid dienone is 3. The molecule has 0 bridgehead atoms. The second-order valence-corrected chi connectivity index (χ2v) is 12.3. The number of aliphatic hydroxyl groups is 3. The van der Waals surface area contributed by atoms with Gasteiger partial charge < -0.3 is 15.3 Å². The van der Waals surface area contributed by atoms with Crippen LogP contribution >= 0.6 is 11.8 Å². The van der Waals surface area contributed by atoms with Gasteiger partial charge in [-0.05, 0) is 92.9 Å². The van der Waals surface area contributed by atoms with Crippen molar-refractivity contribution >= 4 is 11.8 Å².